The summed E-state index contributed by atoms with van der Waals surface area (Å²) in [7, 11) is 3.27. The Morgan fingerprint density at radius 3 is 2.32 bits per heavy atom. The van der Waals surface area contributed by atoms with Crippen LogP contribution in [0.5, 0.6) is 5.75 Å². The summed E-state index contributed by atoms with van der Waals surface area (Å²) in [6, 6.07) is 6.39. The number of ketones is 1. The molecule has 56 heavy (non-hydrogen) atoms. The molecular formula is C39H42F7N5O5. The highest BCUT2D eigenvalue weighted by molar-refractivity contribution is 6.24. The van der Waals surface area contributed by atoms with Crippen molar-refractivity contribution < 1.29 is 54.9 Å². The maximum atomic E-state index is 15.3. The van der Waals surface area contributed by atoms with E-state index in [0.29, 0.717) is 58.3 Å². The normalized spacial score (nSPS) is 20.1. The molecular weight excluding hydrogens is 751 g/mol. The summed E-state index contributed by atoms with van der Waals surface area (Å²) in [5.41, 5.74) is -5.15. The molecule has 3 aliphatic rings. The number of amides is 1. The first kappa shape index (κ1) is 41.0. The van der Waals surface area contributed by atoms with Gasteiger partial charge in [0, 0.05) is 43.1 Å². The number of Topliss-reactive ketones (excluding diaryl/α,β-unsaturated/α-hetero) is 1. The number of hydrogen-bond acceptors (Lipinski definition) is 9. The van der Waals surface area contributed by atoms with Gasteiger partial charge in [-0.2, -0.15) is 17.6 Å². The average Bonchev–Trinajstić information content (AvgIpc) is 3.32. The van der Waals surface area contributed by atoms with Gasteiger partial charge < -0.3 is 19.9 Å². The molecule has 2 aromatic carbocycles. The molecule has 3 heterocycles. The van der Waals surface area contributed by atoms with Gasteiger partial charge in [0.05, 0.1) is 30.1 Å². The number of halogens is 7. The van der Waals surface area contributed by atoms with Crippen LogP contribution >= 0.6 is 0 Å². The molecule has 2 aliphatic heterocycles. The van der Waals surface area contributed by atoms with Gasteiger partial charge in [-0.15, -0.1) is 0 Å². The lowest BCUT2D eigenvalue weighted by atomic mass is 9.72. The number of nitrogens with zero attached hydrogens (tertiary/aromatic N) is 4. The number of rotatable bonds is 14. The summed E-state index contributed by atoms with van der Waals surface area (Å²) in [6.45, 7) is 2.43. The first-order chi connectivity index (χ1) is 26.4. The van der Waals surface area contributed by atoms with Crippen LogP contribution < -0.4 is 10.1 Å². The first-order valence-electron chi connectivity index (χ1n) is 18.2. The lowest BCUT2D eigenvalue weighted by Gasteiger charge is -2.47. The zero-order chi connectivity index (χ0) is 40.6. The maximum absolute atomic E-state index is 15.3. The Labute approximate surface area is 318 Å². The van der Waals surface area contributed by atoms with E-state index in [2.05, 4.69) is 20.2 Å². The van der Waals surface area contributed by atoms with E-state index in [-0.39, 0.29) is 47.7 Å². The van der Waals surface area contributed by atoms with Gasteiger partial charge in [0.15, 0.2) is 17.3 Å². The van der Waals surface area contributed by atoms with Crippen LogP contribution in [0.2, 0.25) is 0 Å². The number of aromatic nitrogens is 2. The van der Waals surface area contributed by atoms with E-state index in [4.69, 9.17) is 9.47 Å². The Morgan fingerprint density at radius 1 is 1.02 bits per heavy atom. The standard InChI is InChI=1S/C39H42F7N5O5/c1-37(42,43)23-7-10-27(26(17-23)28-18-31(39(44,45)46)48-21-47-28)49-36(54)32(35(53)38(50(2)3)13-4-14-38)29(52)11-5-22-6-12-30(34(41)33(22)40)56-16-15-51-24-8-9-25(51)20-55-19-24/h6-7,10,12,17-18,21,24-25,53H,4-5,8-9,11,13-16,19-20H2,1-3H3,(H,49,54)/b35-32-. The van der Waals surface area contributed by atoms with Gasteiger partial charge in [0.25, 0.3) is 11.8 Å². The molecule has 17 heteroatoms. The molecule has 1 aliphatic carbocycles. The molecule has 10 nitrogen and oxygen atoms in total. The maximum Gasteiger partial charge on any atom is 0.433 e. The van der Waals surface area contributed by atoms with Crippen molar-refractivity contribution >= 4 is 17.4 Å². The monoisotopic (exact) mass is 793 g/mol. The fourth-order valence-corrected chi connectivity index (χ4v) is 7.58. The number of aliphatic hydroxyl groups is 1. The quantitative estimate of drug-likeness (QED) is 0.0574. The van der Waals surface area contributed by atoms with E-state index in [9.17, 15) is 36.6 Å². The largest absolute Gasteiger partial charge is 0.509 e. The number of aryl methyl sites for hydroxylation is 1. The van der Waals surface area contributed by atoms with Crippen LogP contribution in [0, 0.1) is 11.6 Å². The molecule has 0 radical (unpaired) electrons. The summed E-state index contributed by atoms with van der Waals surface area (Å²) in [4.78, 5) is 38.9. The second-order valence-corrected chi connectivity index (χ2v) is 14.7. The molecule has 1 amide bonds. The van der Waals surface area contributed by atoms with Gasteiger partial charge in [-0.1, -0.05) is 12.1 Å². The minimum Gasteiger partial charge on any atom is -0.509 e. The fourth-order valence-electron chi connectivity index (χ4n) is 7.58. The lowest BCUT2D eigenvalue weighted by Crippen LogP contribution is -2.52. The number of fused-ring (bicyclic) bond motifs is 2. The van der Waals surface area contributed by atoms with Crippen LogP contribution in [-0.4, -0.2) is 94.6 Å². The molecule has 2 bridgehead atoms. The second-order valence-electron chi connectivity index (χ2n) is 14.7. The number of morpholine rings is 1. The fraction of sp³-hybridized carbons (Fsp3) is 0.487. The number of likely N-dealkylation sites (N-methyl/N-ethyl adjacent to an activating group) is 1. The number of hydrogen-bond donors (Lipinski definition) is 2. The topological polar surface area (TPSA) is 117 Å². The number of ether oxygens (including phenoxy) is 2. The minimum atomic E-state index is -4.91. The molecule has 302 valence electrons. The molecule has 2 unspecified atom stereocenters. The van der Waals surface area contributed by atoms with Crippen molar-refractivity contribution in [1.29, 1.82) is 0 Å². The Morgan fingerprint density at radius 2 is 1.71 bits per heavy atom. The molecule has 2 N–H and O–H groups in total. The molecule has 6 rings (SSSR count). The summed E-state index contributed by atoms with van der Waals surface area (Å²) in [5, 5.41) is 14.0. The number of benzene rings is 2. The zero-order valence-electron chi connectivity index (χ0n) is 31.0. The van der Waals surface area contributed by atoms with Crippen molar-refractivity contribution in [3.8, 4) is 17.0 Å². The van der Waals surface area contributed by atoms with Gasteiger partial charge >= 0.3 is 6.18 Å². The molecule has 2 saturated heterocycles. The first-order valence-corrected chi connectivity index (χ1v) is 18.2. The average molecular weight is 794 g/mol. The Balaban J connectivity index is 1.25. The number of nitrogens with one attached hydrogen (secondary N) is 1. The molecule has 3 aromatic rings. The van der Waals surface area contributed by atoms with Crippen LogP contribution in [0.25, 0.3) is 11.3 Å². The van der Waals surface area contributed by atoms with Crippen LogP contribution in [0.4, 0.5) is 36.4 Å². The van der Waals surface area contributed by atoms with Crippen LogP contribution in [-0.2, 0) is 32.8 Å². The van der Waals surface area contributed by atoms with Crippen molar-refractivity contribution in [2.75, 3.05) is 45.8 Å². The Kier molecular flexibility index (Phi) is 11.8. The third-order valence-corrected chi connectivity index (χ3v) is 11.0. The highest BCUT2D eigenvalue weighted by Crippen LogP contribution is 2.43. The van der Waals surface area contributed by atoms with Gasteiger partial charge in [-0.3, -0.25) is 19.4 Å². The lowest BCUT2D eigenvalue weighted by molar-refractivity contribution is -0.141. The zero-order valence-corrected chi connectivity index (χ0v) is 31.0. The minimum absolute atomic E-state index is 0.114. The van der Waals surface area contributed by atoms with Gasteiger partial charge in [0.1, 0.15) is 30.0 Å². The Bertz CT molecular complexity index is 1980. The number of anilines is 1. The second kappa shape index (κ2) is 16.1. The predicted molar refractivity (Wildman–Crippen MR) is 190 cm³/mol. The number of carbonyl (C=O) groups excluding carboxylic acids is 2. The van der Waals surface area contributed by atoms with E-state index in [1.54, 1.807) is 19.0 Å². The van der Waals surface area contributed by atoms with Crippen LogP contribution in [0.3, 0.4) is 0 Å². The van der Waals surface area contributed by atoms with Crippen molar-refractivity contribution in [1.82, 2.24) is 19.8 Å². The van der Waals surface area contributed by atoms with Gasteiger partial charge in [-0.25, -0.2) is 23.1 Å². The predicted octanol–water partition coefficient (Wildman–Crippen LogP) is 7.23. The number of aliphatic hydroxyl groups excluding tert-OH is 1. The Hall–Kier alpha value is -4.61. The van der Waals surface area contributed by atoms with Crippen molar-refractivity contribution in [2.45, 2.75) is 81.6 Å². The van der Waals surface area contributed by atoms with Crippen LogP contribution in [0.15, 0.2) is 54.1 Å². The summed E-state index contributed by atoms with van der Waals surface area (Å²) in [6.07, 6.45) is -1.92. The molecule has 3 fully saturated rings. The third-order valence-electron chi connectivity index (χ3n) is 11.0. The summed E-state index contributed by atoms with van der Waals surface area (Å²) < 4.78 is 111. The number of carbonyl (C=O) groups is 2. The van der Waals surface area contributed by atoms with Gasteiger partial charge in [0.2, 0.25) is 5.82 Å². The van der Waals surface area contributed by atoms with Crippen molar-refractivity contribution in [3.63, 3.8) is 0 Å². The van der Waals surface area contributed by atoms with E-state index < -0.39 is 75.7 Å². The third kappa shape index (κ3) is 8.39. The molecule has 2 atom stereocenters. The smallest absolute Gasteiger partial charge is 0.433 e. The number of alkyl halides is 5. The highest BCUT2D eigenvalue weighted by atomic mass is 19.4. The van der Waals surface area contributed by atoms with Gasteiger partial charge in [-0.05, 0) is 82.4 Å². The van der Waals surface area contributed by atoms with E-state index in [1.807, 2.05) is 0 Å². The van der Waals surface area contributed by atoms with Crippen molar-refractivity contribution in [2.24, 2.45) is 0 Å². The van der Waals surface area contributed by atoms with Crippen molar-refractivity contribution in [3.05, 3.63) is 82.5 Å². The van der Waals surface area contributed by atoms with E-state index in [0.717, 1.165) is 31.0 Å². The summed E-state index contributed by atoms with van der Waals surface area (Å²) >= 11 is 0. The molecule has 0 spiro atoms. The summed E-state index contributed by atoms with van der Waals surface area (Å²) in [5.74, 6) is -8.99. The van der Waals surface area contributed by atoms with Crippen LogP contribution in [0.1, 0.15) is 62.3 Å². The highest BCUT2D eigenvalue weighted by Gasteiger charge is 2.47. The molecule has 1 aromatic heterocycles. The SMILES string of the molecule is CN(C)C1(/C(O)=C(\C(=O)CCc2ccc(OCCN3C4CCC3COC4)c(F)c2F)C(=O)Nc2ccc(C(C)(F)F)cc2-c2cc(C(F)(F)F)ncn2)CCC1. The molecule has 1 saturated carbocycles. The van der Waals surface area contributed by atoms with E-state index >= 15 is 8.78 Å². The van der Waals surface area contributed by atoms with E-state index in [1.165, 1.54) is 12.1 Å².